The highest BCUT2D eigenvalue weighted by Crippen LogP contribution is 2.09. The summed E-state index contributed by atoms with van der Waals surface area (Å²) in [5, 5.41) is 14.0. The van der Waals surface area contributed by atoms with Gasteiger partial charge in [0, 0.05) is 6.04 Å². The zero-order valence-electron chi connectivity index (χ0n) is 13.2. The summed E-state index contributed by atoms with van der Waals surface area (Å²) in [5.41, 5.74) is 5.22. The third-order valence-electron chi connectivity index (χ3n) is 3.33. The summed E-state index contributed by atoms with van der Waals surface area (Å²) in [6.07, 6.45) is 1.95. The molecule has 3 unspecified atom stereocenters. The number of rotatable bonds is 9. The molecule has 0 aliphatic rings. The predicted octanol–water partition coefficient (Wildman–Crippen LogP) is 1.08. The molecule has 0 aromatic carbocycles. The molecule has 0 bridgehead atoms. The van der Waals surface area contributed by atoms with Crippen molar-refractivity contribution in [2.45, 2.75) is 59.0 Å². The summed E-state index contributed by atoms with van der Waals surface area (Å²) >= 11 is 0. The average molecular weight is 301 g/mol. The number of primary amides is 1. The quantitative estimate of drug-likeness (QED) is 0.509. The first-order chi connectivity index (χ1) is 9.65. The highest BCUT2D eigenvalue weighted by Gasteiger charge is 2.22. The van der Waals surface area contributed by atoms with E-state index >= 15 is 0 Å². The van der Waals surface area contributed by atoms with Crippen LogP contribution in [-0.2, 0) is 9.59 Å². The topological polar surface area (TPSA) is 122 Å². The fraction of sp³-hybridized carbons (Fsp3) is 0.786. The lowest BCUT2D eigenvalue weighted by atomic mass is 10.0. The smallest absolute Gasteiger partial charge is 0.315 e. The van der Waals surface area contributed by atoms with Gasteiger partial charge < -0.3 is 21.5 Å². The number of amides is 3. The maximum atomic E-state index is 11.8. The van der Waals surface area contributed by atoms with Gasteiger partial charge in [0.05, 0.1) is 5.92 Å². The molecule has 7 nitrogen and oxygen atoms in total. The van der Waals surface area contributed by atoms with Gasteiger partial charge in [0.2, 0.25) is 5.91 Å². The summed E-state index contributed by atoms with van der Waals surface area (Å²) in [6, 6.07) is -1.25. The molecule has 21 heavy (non-hydrogen) atoms. The molecule has 0 rings (SSSR count). The van der Waals surface area contributed by atoms with Crippen LogP contribution in [0.1, 0.15) is 47.0 Å². The van der Waals surface area contributed by atoms with Crippen LogP contribution in [0.15, 0.2) is 0 Å². The Kier molecular flexibility index (Phi) is 8.42. The monoisotopic (exact) mass is 301 g/mol. The Bertz CT molecular complexity index is 371. The van der Waals surface area contributed by atoms with Crippen molar-refractivity contribution >= 4 is 17.9 Å². The summed E-state index contributed by atoms with van der Waals surface area (Å²) < 4.78 is 0. The van der Waals surface area contributed by atoms with E-state index in [0.29, 0.717) is 19.3 Å². The molecule has 0 radical (unpaired) electrons. The Labute approximate surface area is 125 Å². The minimum atomic E-state index is -0.811. The minimum absolute atomic E-state index is 0.0834. The molecule has 7 heteroatoms. The van der Waals surface area contributed by atoms with Gasteiger partial charge in [0.15, 0.2) is 0 Å². The molecule has 3 atom stereocenters. The van der Waals surface area contributed by atoms with Crippen LogP contribution in [-0.4, -0.2) is 35.1 Å². The normalized spacial score (nSPS) is 15.1. The fourth-order valence-electron chi connectivity index (χ4n) is 1.90. The van der Waals surface area contributed by atoms with Crippen LogP contribution in [0.5, 0.6) is 0 Å². The lowest BCUT2D eigenvalue weighted by Crippen LogP contribution is -2.52. The largest absolute Gasteiger partial charge is 0.481 e. The molecule has 122 valence electrons. The number of carbonyl (C=O) groups excluding carboxylic acids is 2. The highest BCUT2D eigenvalue weighted by molar-refractivity contribution is 5.86. The molecule has 0 saturated carbocycles. The molecule has 0 aromatic heterocycles. The van der Waals surface area contributed by atoms with Crippen LogP contribution < -0.4 is 16.4 Å². The summed E-state index contributed by atoms with van der Waals surface area (Å²) in [6.45, 7) is 7.09. The van der Waals surface area contributed by atoms with E-state index in [1.807, 2.05) is 6.92 Å². The zero-order chi connectivity index (χ0) is 16.6. The van der Waals surface area contributed by atoms with Gasteiger partial charge in [-0.1, -0.05) is 27.2 Å². The van der Waals surface area contributed by atoms with Crippen molar-refractivity contribution in [3.05, 3.63) is 0 Å². The van der Waals surface area contributed by atoms with E-state index in [2.05, 4.69) is 10.6 Å². The van der Waals surface area contributed by atoms with Gasteiger partial charge >= 0.3 is 12.0 Å². The number of urea groups is 1. The number of hydrogen-bond donors (Lipinski definition) is 4. The molecule has 0 aliphatic carbocycles. The number of carboxylic acid groups (broad SMARTS) is 1. The highest BCUT2D eigenvalue weighted by atomic mass is 16.4. The Morgan fingerprint density at radius 2 is 1.62 bits per heavy atom. The fourth-order valence-corrected chi connectivity index (χ4v) is 1.90. The van der Waals surface area contributed by atoms with Crippen molar-refractivity contribution in [2.75, 3.05) is 0 Å². The number of nitrogens with two attached hydrogens (primary N) is 1. The molecule has 0 fully saturated rings. The van der Waals surface area contributed by atoms with Gasteiger partial charge in [-0.05, 0) is 25.7 Å². The minimum Gasteiger partial charge on any atom is -0.481 e. The first-order valence-electron chi connectivity index (χ1n) is 7.24. The van der Waals surface area contributed by atoms with Crippen LogP contribution in [0.3, 0.4) is 0 Å². The van der Waals surface area contributed by atoms with Crippen molar-refractivity contribution in [3.8, 4) is 0 Å². The van der Waals surface area contributed by atoms with Crippen molar-refractivity contribution in [2.24, 2.45) is 17.6 Å². The van der Waals surface area contributed by atoms with E-state index in [1.165, 1.54) is 0 Å². The van der Waals surface area contributed by atoms with Crippen molar-refractivity contribution in [3.63, 3.8) is 0 Å². The number of carbonyl (C=O) groups is 3. The molecule has 0 aliphatic heterocycles. The SMILES string of the molecule is CC(CCCC(C)C(=O)O)NC(=O)NC(C(N)=O)C(C)C. The number of carboxylic acids is 1. The number of nitrogens with one attached hydrogen (secondary N) is 2. The van der Waals surface area contributed by atoms with Gasteiger partial charge in [-0.3, -0.25) is 9.59 Å². The predicted molar refractivity (Wildman–Crippen MR) is 79.6 cm³/mol. The van der Waals surface area contributed by atoms with Gasteiger partial charge in [0.1, 0.15) is 6.04 Å². The van der Waals surface area contributed by atoms with Crippen molar-refractivity contribution in [1.29, 1.82) is 0 Å². The molecular formula is C14H27N3O4. The van der Waals surface area contributed by atoms with Crippen LogP contribution in [0, 0.1) is 11.8 Å². The van der Waals surface area contributed by atoms with Crippen molar-refractivity contribution in [1.82, 2.24) is 10.6 Å². The summed E-state index contributed by atoms with van der Waals surface area (Å²) in [5.74, 6) is -1.84. The van der Waals surface area contributed by atoms with Crippen LogP contribution in [0.4, 0.5) is 4.79 Å². The molecule has 3 amide bonds. The van der Waals surface area contributed by atoms with Crippen LogP contribution in [0.2, 0.25) is 0 Å². The first kappa shape index (κ1) is 19.2. The lowest BCUT2D eigenvalue weighted by molar-refractivity contribution is -0.141. The molecule has 0 aromatic rings. The zero-order valence-corrected chi connectivity index (χ0v) is 13.2. The third kappa shape index (κ3) is 8.16. The molecule has 0 heterocycles. The van der Waals surface area contributed by atoms with Gasteiger partial charge in [-0.15, -0.1) is 0 Å². The van der Waals surface area contributed by atoms with E-state index in [-0.39, 0.29) is 17.9 Å². The first-order valence-corrected chi connectivity index (χ1v) is 7.24. The van der Waals surface area contributed by atoms with Crippen LogP contribution >= 0.6 is 0 Å². The standard InChI is InChI=1S/C14H27N3O4/c1-8(2)11(12(15)18)17-14(21)16-10(4)7-5-6-9(3)13(19)20/h8-11H,5-7H2,1-4H3,(H2,15,18)(H,19,20)(H2,16,17,21). The third-order valence-corrected chi connectivity index (χ3v) is 3.33. The van der Waals surface area contributed by atoms with E-state index in [4.69, 9.17) is 10.8 Å². The average Bonchev–Trinajstić information content (AvgIpc) is 2.34. The number of hydrogen-bond acceptors (Lipinski definition) is 3. The number of aliphatic carboxylic acids is 1. The van der Waals surface area contributed by atoms with E-state index in [0.717, 1.165) is 0 Å². The maximum Gasteiger partial charge on any atom is 0.315 e. The van der Waals surface area contributed by atoms with Gasteiger partial charge in [-0.25, -0.2) is 4.79 Å². The van der Waals surface area contributed by atoms with Gasteiger partial charge in [0.25, 0.3) is 0 Å². The second kappa shape index (κ2) is 9.20. The molecular weight excluding hydrogens is 274 g/mol. The molecule has 5 N–H and O–H groups in total. The van der Waals surface area contributed by atoms with Crippen molar-refractivity contribution < 1.29 is 19.5 Å². The summed E-state index contributed by atoms with van der Waals surface area (Å²) in [4.78, 5) is 33.6. The molecule has 0 saturated heterocycles. The maximum absolute atomic E-state index is 11.8. The lowest BCUT2D eigenvalue weighted by Gasteiger charge is -2.21. The Morgan fingerprint density at radius 1 is 1.05 bits per heavy atom. The summed E-state index contributed by atoms with van der Waals surface area (Å²) in [7, 11) is 0. The Hall–Kier alpha value is -1.79. The van der Waals surface area contributed by atoms with Crippen LogP contribution in [0.25, 0.3) is 0 Å². The Morgan fingerprint density at radius 3 is 2.05 bits per heavy atom. The van der Waals surface area contributed by atoms with E-state index in [1.54, 1.807) is 20.8 Å². The van der Waals surface area contributed by atoms with E-state index < -0.39 is 23.9 Å². The second-order valence-electron chi connectivity index (χ2n) is 5.81. The van der Waals surface area contributed by atoms with Gasteiger partial charge in [-0.2, -0.15) is 0 Å². The molecule has 0 spiro atoms. The second-order valence-corrected chi connectivity index (χ2v) is 5.81. The van der Waals surface area contributed by atoms with E-state index in [9.17, 15) is 14.4 Å². The Balaban J connectivity index is 4.09.